The molecule has 0 bridgehead atoms. The normalized spacial score (nSPS) is 15.7. The van der Waals surface area contributed by atoms with Crippen LogP contribution in [0.25, 0.3) is 0 Å². The highest BCUT2D eigenvalue weighted by molar-refractivity contribution is 9.10. The second-order valence-corrected chi connectivity index (χ2v) is 4.02. The number of hydrogen-bond acceptors (Lipinski definition) is 1. The minimum Gasteiger partial charge on any atom is -0.336 e. The number of benzene rings is 1. The number of nitrogens with one attached hydrogen (secondary N) is 1. The molecule has 15 heavy (non-hydrogen) atoms. The number of nitrogens with zero attached hydrogens (tertiary/aromatic N) is 1. The van der Waals surface area contributed by atoms with Gasteiger partial charge in [0.2, 0.25) is 0 Å². The summed E-state index contributed by atoms with van der Waals surface area (Å²) in [6.45, 7) is 0.669. The maximum Gasteiger partial charge on any atom is 0.322 e. The van der Waals surface area contributed by atoms with Crippen LogP contribution in [0.15, 0.2) is 16.6 Å². The summed E-state index contributed by atoms with van der Waals surface area (Å²) in [6, 6.07) is 1.78. The van der Waals surface area contributed by atoms with Gasteiger partial charge >= 0.3 is 6.03 Å². The maximum atomic E-state index is 13.4. The fourth-order valence-electron chi connectivity index (χ4n) is 1.48. The second kappa shape index (κ2) is 3.77. The quantitative estimate of drug-likeness (QED) is 0.839. The highest BCUT2D eigenvalue weighted by Crippen LogP contribution is 2.28. The van der Waals surface area contributed by atoms with Crippen molar-refractivity contribution in [3.05, 3.63) is 28.2 Å². The van der Waals surface area contributed by atoms with Crippen LogP contribution in [-0.2, 0) is 0 Å². The van der Waals surface area contributed by atoms with Crippen LogP contribution in [0.4, 0.5) is 19.3 Å². The third kappa shape index (κ3) is 1.81. The average Bonchev–Trinajstić information content (AvgIpc) is 2.50. The Morgan fingerprint density at radius 3 is 2.40 bits per heavy atom. The summed E-state index contributed by atoms with van der Waals surface area (Å²) in [5, 5.41) is 2.48. The van der Waals surface area contributed by atoms with E-state index in [4.69, 9.17) is 0 Å². The van der Waals surface area contributed by atoms with E-state index in [1.165, 1.54) is 0 Å². The minimum absolute atomic E-state index is 0.272. The highest BCUT2D eigenvalue weighted by Gasteiger charge is 2.27. The summed E-state index contributed by atoms with van der Waals surface area (Å²) in [7, 11) is 0. The Morgan fingerprint density at radius 2 is 1.93 bits per heavy atom. The van der Waals surface area contributed by atoms with Gasteiger partial charge in [0.05, 0.1) is 0 Å². The summed E-state index contributed by atoms with van der Waals surface area (Å²) in [5.41, 5.74) is -0.298. The lowest BCUT2D eigenvalue weighted by atomic mass is 10.2. The molecule has 80 valence electrons. The van der Waals surface area contributed by atoms with Crippen molar-refractivity contribution in [1.82, 2.24) is 5.32 Å². The Morgan fingerprint density at radius 1 is 1.33 bits per heavy atom. The summed E-state index contributed by atoms with van der Waals surface area (Å²) < 4.78 is 27.2. The van der Waals surface area contributed by atoms with E-state index in [9.17, 15) is 13.6 Å². The van der Waals surface area contributed by atoms with E-state index in [-0.39, 0.29) is 12.2 Å². The lowest BCUT2D eigenvalue weighted by molar-refractivity contribution is 0.251. The van der Waals surface area contributed by atoms with E-state index < -0.39 is 17.7 Å². The zero-order chi connectivity index (χ0) is 11.0. The molecule has 1 N–H and O–H groups in total. The zero-order valence-corrected chi connectivity index (χ0v) is 9.14. The molecule has 0 aromatic heterocycles. The van der Waals surface area contributed by atoms with Crippen molar-refractivity contribution in [2.24, 2.45) is 0 Å². The van der Waals surface area contributed by atoms with E-state index >= 15 is 0 Å². The van der Waals surface area contributed by atoms with Crippen molar-refractivity contribution in [3.63, 3.8) is 0 Å². The van der Waals surface area contributed by atoms with Crippen LogP contribution in [0, 0.1) is 11.6 Å². The number of halogens is 3. The van der Waals surface area contributed by atoms with Gasteiger partial charge in [-0.05, 0) is 12.1 Å². The van der Waals surface area contributed by atoms with Gasteiger partial charge < -0.3 is 5.32 Å². The van der Waals surface area contributed by atoms with Crippen molar-refractivity contribution in [2.45, 2.75) is 0 Å². The lowest BCUT2D eigenvalue weighted by Gasteiger charge is -2.15. The largest absolute Gasteiger partial charge is 0.336 e. The summed E-state index contributed by atoms with van der Waals surface area (Å²) in [4.78, 5) is 12.3. The van der Waals surface area contributed by atoms with Gasteiger partial charge in [0.25, 0.3) is 0 Å². The number of amides is 2. The van der Waals surface area contributed by atoms with Crippen LogP contribution in [-0.4, -0.2) is 19.1 Å². The molecule has 1 aromatic rings. The van der Waals surface area contributed by atoms with E-state index in [0.717, 1.165) is 17.0 Å². The molecule has 3 nitrogen and oxygen atoms in total. The Bertz CT molecular complexity index is 402. The molecule has 1 saturated heterocycles. The molecule has 0 atom stereocenters. The SMILES string of the molecule is O=C1NCCN1c1c(F)cc(Br)cc1F. The number of carbonyl (C=O) groups is 1. The monoisotopic (exact) mass is 276 g/mol. The van der Waals surface area contributed by atoms with Crippen LogP contribution in [0.5, 0.6) is 0 Å². The standard InChI is InChI=1S/C9H7BrF2N2O/c10-5-3-6(11)8(7(12)4-5)14-2-1-13-9(14)15/h3-4H,1-2H2,(H,13,15). The Hall–Kier alpha value is -1.17. The van der Waals surface area contributed by atoms with Crippen LogP contribution in [0.2, 0.25) is 0 Å². The Balaban J connectivity index is 2.47. The molecule has 0 saturated carbocycles. The van der Waals surface area contributed by atoms with E-state index in [1.54, 1.807) is 0 Å². The van der Waals surface area contributed by atoms with Gasteiger partial charge in [-0.2, -0.15) is 0 Å². The molecule has 1 aromatic carbocycles. The maximum absolute atomic E-state index is 13.4. The van der Waals surface area contributed by atoms with Crippen molar-refractivity contribution >= 4 is 27.6 Å². The van der Waals surface area contributed by atoms with Gasteiger partial charge in [-0.25, -0.2) is 13.6 Å². The van der Waals surface area contributed by atoms with Gasteiger partial charge in [0.15, 0.2) is 11.6 Å². The molecule has 2 amide bonds. The second-order valence-electron chi connectivity index (χ2n) is 3.10. The van der Waals surface area contributed by atoms with Gasteiger partial charge in [-0.15, -0.1) is 0 Å². The Labute approximate surface area is 93.2 Å². The van der Waals surface area contributed by atoms with Crippen molar-refractivity contribution in [2.75, 3.05) is 18.0 Å². The molecule has 1 aliphatic rings. The fraction of sp³-hybridized carbons (Fsp3) is 0.222. The van der Waals surface area contributed by atoms with Crippen LogP contribution in [0.1, 0.15) is 0 Å². The topological polar surface area (TPSA) is 32.3 Å². The summed E-state index contributed by atoms with van der Waals surface area (Å²) >= 11 is 2.97. The molecule has 2 rings (SSSR count). The molecule has 1 fully saturated rings. The first-order chi connectivity index (χ1) is 7.09. The lowest BCUT2D eigenvalue weighted by Crippen LogP contribution is -2.29. The van der Waals surface area contributed by atoms with Crippen LogP contribution >= 0.6 is 15.9 Å². The Kier molecular flexibility index (Phi) is 2.60. The summed E-state index contributed by atoms with van der Waals surface area (Å²) in [5.74, 6) is -1.50. The minimum atomic E-state index is -0.751. The first-order valence-electron chi connectivity index (χ1n) is 4.29. The number of anilines is 1. The van der Waals surface area contributed by atoms with Crippen LogP contribution < -0.4 is 10.2 Å². The number of urea groups is 1. The smallest absolute Gasteiger partial charge is 0.322 e. The van der Waals surface area contributed by atoms with Gasteiger partial charge in [0.1, 0.15) is 5.69 Å². The number of hydrogen-bond donors (Lipinski definition) is 1. The molecule has 0 unspecified atom stereocenters. The number of rotatable bonds is 1. The van der Waals surface area contributed by atoms with Crippen LogP contribution in [0.3, 0.4) is 0 Å². The molecule has 1 heterocycles. The van der Waals surface area contributed by atoms with Gasteiger partial charge in [0, 0.05) is 17.6 Å². The third-order valence-electron chi connectivity index (χ3n) is 2.11. The predicted octanol–water partition coefficient (Wildman–Crippen LogP) is 2.26. The first kappa shape index (κ1) is 10.4. The van der Waals surface area contributed by atoms with E-state index in [0.29, 0.717) is 11.0 Å². The molecular formula is C9H7BrF2N2O. The zero-order valence-electron chi connectivity index (χ0n) is 7.56. The first-order valence-corrected chi connectivity index (χ1v) is 5.09. The highest BCUT2D eigenvalue weighted by atomic mass is 79.9. The predicted molar refractivity (Wildman–Crippen MR) is 54.8 cm³/mol. The molecule has 0 radical (unpaired) electrons. The molecule has 1 aliphatic heterocycles. The fourth-order valence-corrected chi connectivity index (χ4v) is 1.88. The molecule has 0 spiro atoms. The van der Waals surface area contributed by atoms with Crippen molar-refractivity contribution < 1.29 is 13.6 Å². The van der Waals surface area contributed by atoms with Gasteiger partial charge in [-0.1, -0.05) is 15.9 Å². The van der Waals surface area contributed by atoms with Gasteiger partial charge in [-0.3, -0.25) is 4.90 Å². The summed E-state index contributed by atoms with van der Waals surface area (Å²) in [6.07, 6.45) is 0. The molecular weight excluding hydrogens is 270 g/mol. The van der Waals surface area contributed by atoms with E-state index in [2.05, 4.69) is 21.2 Å². The third-order valence-corrected chi connectivity index (χ3v) is 2.57. The molecule has 0 aliphatic carbocycles. The van der Waals surface area contributed by atoms with E-state index in [1.807, 2.05) is 0 Å². The molecule has 6 heteroatoms. The van der Waals surface area contributed by atoms with Crippen molar-refractivity contribution in [1.29, 1.82) is 0 Å². The van der Waals surface area contributed by atoms with Crippen molar-refractivity contribution in [3.8, 4) is 0 Å². The average molecular weight is 277 g/mol. The number of carbonyl (C=O) groups excluding carboxylic acids is 1.